The molecule has 0 saturated carbocycles. The number of hydrogen-bond acceptors (Lipinski definition) is 5. The van der Waals surface area contributed by atoms with Gasteiger partial charge >= 0.3 is 0 Å². The Labute approximate surface area is 250 Å². The molecule has 0 aliphatic carbocycles. The van der Waals surface area contributed by atoms with Gasteiger partial charge in [-0.2, -0.15) is 0 Å². The fourth-order valence-electron chi connectivity index (χ4n) is 5.62. The highest BCUT2D eigenvalue weighted by Crippen LogP contribution is 2.34. The number of pyridine rings is 4. The third kappa shape index (κ3) is 4.33. The van der Waals surface area contributed by atoms with Crippen LogP contribution < -0.4 is 5.32 Å². The normalized spacial score (nSPS) is 11.5. The zero-order valence-electron chi connectivity index (χ0n) is 22.3. The van der Waals surface area contributed by atoms with Crippen LogP contribution in [0, 0.1) is 0 Å². The van der Waals surface area contributed by atoms with Crippen molar-refractivity contribution in [2.24, 2.45) is 0 Å². The van der Waals surface area contributed by atoms with Gasteiger partial charge in [-0.25, -0.2) is 0 Å². The molecule has 0 unspecified atom stereocenters. The summed E-state index contributed by atoms with van der Waals surface area (Å²) in [6.45, 7) is 0. The van der Waals surface area contributed by atoms with E-state index in [4.69, 9.17) is 4.98 Å². The highest BCUT2D eigenvalue weighted by atomic mass is 79.9. The summed E-state index contributed by atoms with van der Waals surface area (Å²) < 4.78 is 0.958. The van der Waals surface area contributed by atoms with Crippen LogP contribution in [0.2, 0.25) is 0 Å². The maximum Gasteiger partial charge on any atom is 0.0970 e. The number of nitrogens with one attached hydrogen (secondary N) is 1. The molecule has 0 radical (unpaired) electrons. The Bertz CT molecular complexity index is 2300. The second-order valence-electron chi connectivity index (χ2n) is 10.3. The molecule has 0 atom stereocenters. The Morgan fingerprint density at radius 3 is 2.14 bits per heavy atom. The third-order valence-electron chi connectivity index (χ3n) is 7.63. The van der Waals surface area contributed by atoms with Crippen molar-refractivity contribution in [1.29, 1.82) is 0 Å². The quantitative estimate of drug-likeness (QED) is 0.203. The van der Waals surface area contributed by atoms with Gasteiger partial charge in [-0.1, -0.05) is 60.7 Å². The van der Waals surface area contributed by atoms with Gasteiger partial charge in [-0.3, -0.25) is 19.9 Å². The number of aromatic nitrogens is 4. The van der Waals surface area contributed by atoms with E-state index < -0.39 is 0 Å². The first-order chi connectivity index (χ1) is 20.7. The minimum atomic E-state index is 0.906. The standard InChI is InChI=1S/C36H22BrN5/c37-28-18-26-10-13-32-31(14-16-39-36(32)35(26)40-20-28)25-4-1-3-24(17-25)22-8-11-29(12-9-22)42-30-19-27-7-6-23-5-2-15-38-33(23)34(27)41-21-30/h1-21,42H. The van der Waals surface area contributed by atoms with Crippen LogP contribution in [0.3, 0.4) is 0 Å². The van der Waals surface area contributed by atoms with Gasteiger partial charge in [0.05, 0.1) is 34.0 Å². The summed E-state index contributed by atoms with van der Waals surface area (Å²) in [5.74, 6) is 0. The lowest BCUT2D eigenvalue weighted by Gasteiger charge is -2.11. The summed E-state index contributed by atoms with van der Waals surface area (Å²) in [6.07, 6.45) is 7.37. The first kappa shape index (κ1) is 24.6. The van der Waals surface area contributed by atoms with Gasteiger partial charge in [-0.05, 0) is 80.6 Å². The predicted molar refractivity (Wildman–Crippen MR) is 176 cm³/mol. The minimum absolute atomic E-state index is 0.906. The summed E-state index contributed by atoms with van der Waals surface area (Å²) in [7, 11) is 0. The molecule has 4 aromatic heterocycles. The van der Waals surface area contributed by atoms with E-state index in [2.05, 4.69) is 133 Å². The molecule has 0 bridgehead atoms. The molecule has 198 valence electrons. The summed E-state index contributed by atoms with van der Waals surface area (Å²) in [4.78, 5) is 18.6. The number of nitrogens with zero attached hydrogens (tertiary/aromatic N) is 4. The van der Waals surface area contributed by atoms with Crippen LogP contribution in [0.15, 0.2) is 132 Å². The van der Waals surface area contributed by atoms with E-state index in [9.17, 15) is 0 Å². The number of fused-ring (bicyclic) bond motifs is 6. The van der Waals surface area contributed by atoms with Gasteiger partial charge in [-0.15, -0.1) is 0 Å². The van der Waals surface area contributed by atoms with Crippen molar-refractivity contribution in [1.82, 2.24) is 19.9 Å². The molecule has 42 heavy (non-hydrogen) atoms. The van der Waals surface area contributed by atoms with Crippen molar-refractivity contribution < 1.29 is 0 Å². The molecule has 8 rings (SSSR count). The van der Waals surface area contributed by atoms with Crippen LogP contribution in [0.5, 0.6) is 0 Å². The molecule has 4 aromatic carbocycles. The molecule has 4 heterocycles. The Kier molecular flexibility index (Phi) is 5.86. The first-order valence-electron chi connectivity index (χ1n) is 13.6. The third-order valence-corrected chi connectivity index (χ3v) is 8.06. The second-order valence-corrected chi connectivity index (χ2v) is 11.2. The van der Waals surface area contributed by atoms with E-state index in [0.29, 0.717) is 0 Å². The summed E-state index contributed by atoms with van der Waals surface area (Å²) in [6, 6.07) is 35.9. The molecule has 5 nitrogen and oxygen atoms in total. The molecule has 0 saturated heterocycles. The van der Waals surface area contributed by atoms with E-state index in [1.54, 1.807) is 0 Å². The first-order valence-corrected chi connectivity index (χ1v) is 14.4. The zero-order valence-corrected chi connectivity index (χ0v) is 23.9. The summed E-state index contributed by atoms with van der Waals surface area (Å²) in [5.41, 5.74) is 10.2. The van der Waals surface area contributed by atoms with Crippen molar-refractivity contribution in [2.75, 3.05) is 5.32 Å². The molecule has 0 amide bonds. The van der Waals surface area contributed by atoms with Crippen molar-refractivity contribution >= 4 is 70.9 Å². The van der Waals surface area contributed by atoms with E-state index >= 15 is 0 Å². The maximum atomic E-state index is 4.72. The second kappa shape index (κ2) is 10.0. The molecule has 0 spiro atoms. The highest BCUT2D eigenvalue weighted by Gasteiger charge is 2.11. The van der Waals surface area contributed by atoms with Crippen molar-refractivity contribution in [2.45, 2.75) is 0 Å². The van der Waals surface area contributed by atoms with Gasteiger partial charge in [0.25, 0.3) is 0 Å². The molecular formula is C36H22BrN5. The van der Waals surface area contributed by atoms with E-state index in [1.165, 1.54) is 0 Å². The predicted octanol–water partition coefficient (Wildman–Crippen LogP) is 9.72. The Balaban J connectivity index is 1.09. The van der Waals surface area contributed by atoms with Crippen LogP contribution in [-0.2, 0) is 0 Å². The SMILES string of the molecule is Brc1cnc2c(ccc3c(-c4cccc(-c5ccc(Nc6cnc7c(ccc8cccnc87)c6)cc5)c4)ccnc32)c1. The average molecular weight is 605 g/mol. The van der Waals surface area contributed by atoms with Gasteiger partial charge in [0.1, 0.15) is 0 Å². The molecule has 6 heteroatoms. The van der Waals surface area contributed by atoms with Crippen molar-refractivity contribution in [3.8, 4) is 22.3 Å². The number of benzene rings is 4. The number of anilines is 2. The molecule has 8 aromatic rings. The Morgan fingerprint density at radius 1 is 0.476 bits per heavy atom. The Hall–Kier alpha value is -5.20. The van der Waals surface area contributed by atoms with E-state index in [-0.39, 0.29) is 0 Å². The minimum Gasteiger partial charge on any atom is -0.354 e. The van der Waals surface area contributed by atoms with Crippen LogP contribution in [0.4, 0.5) is 11.4 Å². The zero-order chi connectivity index (χ0) is 28.0. The lowest BCUT2D eigenvalue weighted by Crippen LogP contribution is -1.93. The number of hydrogen-bond donors (Lipinski definition) is 1. The van der Waals surface area contributed by atoms with Crippen molar-refractivity contribution in [3.05, 3.63) is 132 Å². The van der Waals surface area contributed by atoms with Gasteiger partial charge in [0.15, 0.2) is 0 Å². The lowest BCUT2D eigenvalue weighted by molar-refractivity contribution is 1.36. The van der Waals surface area contributed by atoms with Crippen LogP contribution in [0.25, 0.3) is 65.9 Å². The molecule has 0 fully saturated rings. The molecule has 1 N–H and O–H groups in total. The van der Waals surface area contributed by atoms with Gasteiger partial charge in [0, 0.05) is 50.3 Å². The average Bonchev–Trinajstić information content (AvgIpc) is 3.04. The fraction of sp³-hybridized carbons (Fsp3) is 0. The smallest absolute Gasteiger partial charge is 0.0970 e. The highest BCUT2D eigenvalue weighted by molar-refractivity contribution is 9.10. The molecule has 0 aliphatic rings. The van der Waals surface area contributed by atoms with Gasteiger partial charge < -0.3 is 5.32 Å². The van der Waals surface area contributed by atoms with Crippen LogP contribution in [-0.4, -0.2) is 19.9 Å². The fourth-order valence-corrected chi connectivity index (χ4v) is 5.97. The monoisotopic (exact) mass is 603 g/mol. The maximum absolute atomic E-state index is 4.72. The number of halogens is 1. The van der Waals surface area contributed by atoms with Crippen LogP contribution in [0.1, 0.15) is 0 Å². The molecular weight excluding hydrogens is 582 g/mol. The van der Waals surface area contributed by atoms with E-state index in [1.807, 2.05) is 30.9 Å². The van der Waals surface area contributed by atoms with Crippen LogP contribution >= 0.6 is 15.9 Å². The van der Waals surface area contributed by atoms with Crippen molar-refractivity contribution in [3.63, 3.8) is 0 Å². The summed E-state index contributed by atoms with van der Waals surface area (Å²) >= 11 is 3.52. The summed E-state index contributed by atoms with van der Waals surface area (Å²) in [5, 5.41) is 7.80. The van der Waals surface area contributed by atoms with E-state index in [0.717, 1.165) is 81.7 Å². The number of rotatable bonds is 4. The Morgan fingerprint density at radius 2 is 1.21 bits per heavy atom. The lowest BCUT2D eigenvalue weighted by atomic mass is 9.96. The topological polar surface area (TPSA) is 63.6 Å². The largest absolute Gasteiger partial charge is 0.354 e. The molecule has 0 aliphatic heterocycles. The van der Waals surface area contributed by atoms with Gasteiger partial charge in [0.2, 0.25) is 0 Å².